The molecule has 3 atom stereocenters. The van der Waals surface area contributed by atoms with Crippen LogP contribution in [0.5, 0.6) is 0 Å². The SMILES string of the molecule is O=C(N[C@@H]1CC(Cn2ccnc2)C[C@H]1O)c1ccc(Cl)c2occc12. The number of furan rings is 1. The Morgan fingerprint density at radius 2 is 2.28 bits per heavy atom. The van der Waals surface area contributed by atoms with E-state index in [-0.39, 0.29) is 11.9 Å². The molecule has 0 bridgehead atoms. The van der Waals surface area contributed by atoms with Crippen LogP contribution in [0.1, 0.15) is 23.2 Å². The first-order chi connectivity index (χ1) is 12.1. The lowest BCUT2D eigenvalue weighted by Gasteiger charge is -2.17. The zero-order valence-electron chi connectivity index (χ0n) is 13.4. The highest BCUT2D eigenvalue weighted by Crippen LogP contribution is 2.30. The number of fused-ring (bicyclic) bond motifs is 1. The molecule has 1 amide bonds. The highest BCUT2D eigenvalue weighted by Gasteiger charge is 2.34. The molecule has 1 unspecified atom stereocenters. The van der Waals surface area contributed by atoms with Gasteiger partial charge in [0.15, 0.2) is 5.58 Å². The number of amides is 1. The second-order valence-corrected chi connectivity index (χ2v) is 6.91. The van der Waals surface area contributed by atoms with E-state index in [1.807, 2.05) is 10.8 Å². The topological polar surface area (TPSA) is 80.3 Å². The smallest absolute Gasteiger partial charge is 0.252 e. The summed E-state index contributed by atoms with van der Waals surface area (Å²) in [5.41, 5.74) is 0.998. The van der Waals surface area contributed by atoms with Crippen molar-refractivity contribution >= 4 is 28.5 Å². The molecule has 0 aliphatic heterocycles. The fourth-order valence-electron chi connectivity index (χ4n) is 3.59. The van der Waals surface area contributed by atoms with Crippen LogP contribution >= 0.6 is 11.6 Å². The van der Waals surface area contributed by atoms with Gasteiger partial charge < -0.3 is 19.4 Å². The molecule has 4 rings (SSSR count). The Hall–Kier alpha value is -2.31. The maximum Gasteiger partial charge on any atom is 0.252 e. The predicted octanol–water partition coefficient (Wildman–Crippen LogP) is 2.85. The largest absolute Gasteiger partial charge is 0.463 e. The van der Waals surface area contributed by atoms with Crippen LogP contribution in [0.2, 0.25) is 5.02 Å². The number of carbonyl (C=O) groups is 1. The summed E-state index contributed by atoms with van der Waals surface area (Å²) in [6.45, 7) is 0.788. The van der Waals surface area contributed by atoms with E-state index in [1.165, 1.54) is 6.26 Å². The number of nitrogens with one attached hydrogen (secondary N) is 1. The minimum atomic E-state index is -0.551. The van der Waals surface area contributed by atoms with E-state index in [2.05, 4.69) is 10.3 Å². The average Bonchev–Trinajstić information content (AvgIpc) is 3.30. The highest BCUT2D eigenvalue weighted by atomic mass is 35.5. The minimum Gasteiger partial charge on any atom is -0.463 e. The Morgan fingerprint density at radius 3 is 3.08 bits per heavy atom. The van der Waals surface area contributed by atoms with Crippen molar-refractivity contribution in [3.63, 3.8) is 0 Å². The van der Waals surface area contributed by atoms with Gasteiger partial charge in [0.1, 0.15) is 0 Å². The first-order valence-corrected chi connectivity index (χ1v) is 8.60. The summed E-state index contributed by atoms with van der Waals surface area (Å²) in [5, 5.41) is 14.4. The van der Waals surface area contributed by atoms with E-state index >= 15 is 0 Å². The van der Waals surface area contributed by atoms with Gasteiger partial charge in [0.2, 0.25) is 0 Å². The molecule has 2 aromatic heterocycles. The number of hydrogen-bond acceptors (Lipinski definition) is 4. The molecule has 25 heavy (non-hydrogen) atoms. The number of halogens is 1. The molecule has 1 saturated carbocycles. The zero-order valence-corrected chi connectivity index (χ0v) is 14.2. The van der Waals surface area contributed by atoms with Crippen molar-refractivity contribution in [1.29, 1.82) is 0 Å². The molecule has 2 heterocycles. The third kappa shape index (κ3) is 3.15. The fourth-order valence-corrected chi connectivity index (χ4v) is 3.80. The van der Waals surface area contributed by atoms with Gasteiger partial charge in [-0.05, 0) is 37.0 Å². The van der Waals surface area contributed by atoms with Gasteiger partial charge in [0.25, 0.3) is 5.91 Å². The number of aliphatic hydroxyl groups excluding tert-OH is 1. The Labute approximate surface area is 149 Å². The molecule has 0 saturated heterocycles. The molecule has 7 heteroatoms. The Bertz CT molecular complexity index is 890. The second-order valence-electron chi connectivity index (χ2n) is 6.50. The summed E-state index contributed by atoms with van der Waals surface area (Å²) >= 11 is 6.08. The number of hydrogen-bond donors (Lipinski definition) is 2. The van der Waals surface area contributed by atoms with Crippen molar-refractivity contribution in [2.45, 2.75) is 31.5 Å². The molecular formula is C18H18ClN3O3. The number of carbonyl (C=O) groups excluding carboxylic acids is 1. The third-order valence-electron chi connectivity index (χ3n) is 4.78. The van der Waals surface area contributed by atoms with Gasteiger partial charge in [-0.15, -0.1) is 0 Å². The molecule has 6 nitrogen and oxygen atoms in total. The van der Waals surface area contributed by atoms with Gasteiger partial charge in [-0.3, -0.25) is 4.79 Å². The van der Waals surface area contributed by atoms with Crippen LogP contribution in [0.15, 0.2) is 47.6 Å². The number of rotatable bonds is 4. The van der Waals surface area contributed by atoms with Crippen LogP contribution in [0, 0.1) is 5.92 Å². The number of benzene rings is 1. The van der Waals surface area contributed by atoms with Crippen LogP contribution in [0.25, 0.3) is 11.0 Å². The standard InChI is InChI=1S/C18H18ClN3O3/c19-14-2-1-13(12-3-6-25-17(12)14)18(24)21-15-7-11(8-16(15)23)9-22-5-4-20-10-22/h1-6,10-11,15-16,23H,7-9H2,(H,21,24)/t11?,15-,16-/m1/s1. The molecule has 1 aromatic carbocycles. The van der Waals surface area contributed by atoms with Crippen molar-refractivity contribution in [2.75, 3.05) is 0 Å². The van der Waals surface area contributed by atoms with Crippen LogP contribution in [-0.2, 0) is 6.54 Å². The summed E-state index contributed by atoms with van der Waals surface area (Å²) in [6.07, 6.45) is 7.76. The van der Waals surface area contributed by atoms with E-state index in [0.717, 1.165) is 13.0 Å². The normalized spacial score (nSPS) is 23.2. The number of aliphatic hydroxyl groups is 1. The summed E-state index contributed by atoms with van der Waals surface area (Å²) in [4.78, 5) is 16.7. The van der Waals surface area contributed by atoms with Crippen LogP contribution in [0.3, 0.4) is 0 Å². The lowest BCUT2D eigenvalue weighted by molar-refractivity contribution is 0.0874. The minimum absolute atomic E-state index is 0.226. The second kappa shape index (κ2) is 6.54. The lowest BCUT2D eigenvalue weighted by Crippen LogP contribution is -2.40. The first kappa shape index (κ1) is 16.2. The van der Waals surface area contributed by atoms with E-state index in [1.54, 1.807) is 30.7 Å². The zero-order chi connectivity index (χ0) is 17.4. The lowest BCUT2D eigenvalue weighted by atomic mass is 10.1. The van der Waals surface area contributed by atoms with Gasteiger partial charge in [-0.1, -0.05) is 11.6 Å². The van der Waals surface area contributed by atoms with Crippen molar-refractivity contribution < 1.29 is 14.3 Å². The molecule has 130 valence electrons. The number of imidazole rings is 1. The van der Waals surface area contributed by atoms with Crippen LogP contribution < -0.4 is 5.32 Å². The monoisotopic (exact) mass is 359 g/mol. The predicted molar refractivity (Wildman–Crippen MR) is 93.4 cm³/mol. The Morgan fingerprint density at radius 1 is 1.40 bits per heavy atom. The number of nitrogens with zero attached hydrogens (tertiary/aromatic N) is 2. The van der Waals surface area contributed by atoms with Crippen LogP contribution in [-0.4, -0.2) is 32.7 Å². The quantitative estimate of drug-likeness (QED) is 0.750. The Balaban J connectivity index is 1.47. The molecule has 1 fully saturated rings. The highest BCUT2D eigenvalue weighted by molar-refractivity contribution is 6.35. The van der Waals surface area contributed by atoms with E-state index in [4.69, 9.17) is 16.0 Å². The van der Waals surface area contributed by atoms with Crippen molar-refractivity contribution in [3.8, 4) is 0 Å². The van der Waals surface area contributed by atoms with Crippen molar-refractivity contribution in [3.05, 3.63) is 53.8 Å². The van der Waals surface area contributed by atoms with Gasteiger partial charge in [0.05, 0.1) is 35.3 Å². The maximum absolute atomic E-state index is 12.7. The fraction of sp³-hybridized carbons (Fsp3) is 0.333. The van der Waals surface area contributed by atoms with Gasteiger partial charge in [-0.25, -0.2) is 4.98 Å². The molecule has 0 radical (unpaired) electrons. The molecular weight excluding hydrogens is 342 g/mol. The van der Waals surface area contributed by atoms with Gasteiger partial charge >= 0.3 is 0 Å². The summed E-state index contributed by atoms with van der Waals surface area (Å²) in [5.74, 6) is 0.0732. The number of aromatic nitrogens is 2. The van der Waals surface area contributed by atoms with E-state index < -0.39 is 6.10 Å². The average molecular weight is 360 g/mol. The summed E-state index contributed by atoms with van der Waals surface area (Å²) < 4.78 is 7.33. The maximum atomic E-state index is 12.7. The summed E-state index contributed by atoms with van der Waals surface area (Å²) in [6, 6.07) is 4.79. The third-order valence-corrected chi connectivity index (χ3v) is 5.08. The molecule has 3 aromatic rings. The summed E-state index contributed by atoms with van der Waals surface area (Å²) in [7, 11) is 0. The first-order valence-electron chi connectivity index (χ1n) is 8.22. The molecule has 1 aliphatic carbocycles. The van der Waals surface area contributed by atoms with Crippen molar-refractivity contribution in [1.82, 2.24) is 14.9 Å². The van der Waals surface area contributed by atoms with E-state index in [0.29, 0.717) is 33.9 Å². The Kier molecular flexibility index (Phi) is 4.23. The van der Waals surface area contributed by atoms with Gasteiger partial charge in [0, 0.05) is 24.3 Å². The molecule has 1 aliphatic rings. The molecule has 2 N–H and O–H groups in total. The molecule has 0 spiro atoms. The van der Waals surface area contributed by atoms with Gasteiger partial charge in [-0.2, -0.15) is 0 Å². The van der Waals surface area contributed by atoms with E-state index in [9.17, 15) is 9.90 Å². The van der Waals surface area contributed by atoms with Crippen LogP contribution in [0.4, 0.5) is 0 Å². The van der Waals surface area contributed by atoms with Crippen molar-refractivity contribution in [2.24, 2.45) is 5.92 Å².